The van der Waals surface area contributed by atoms with Gasteiger partial charge in [0, 0.05) is 22.5 Å². The lowest BCUT2D eigenvalue weighted by Crippen LogP contribution is -2.15. The molecule has 29 heavy (non-hydrogen) atoms. The van der Waals surface area contributed by atoms with Gasteiger partial charge in [0.1, 0.15) is 5.00 Å². The molecular formula is C21H24N4O3S. The number of thiophene rings is 1. The molecule has 1 amide bonds. The van der Waals surface area contributed by atoms with Crippen molar-refractivity contribution >= 4 is 39.2 Å². The van der Waals surface area contributed by atoms with Crippen LogP contribution >= 0.6 is 11.3 Å². The number of fused-ring (bicyclic) bond motifs is 1. The number of hydrogen-bond acceptors (Lipinski definition) is 6. The topological polar surface area (TPSA) is 86.1 Å². The maximum Gasteiger partial charge on any atom is 0.341 e. The van der Waals surface area contributed by atoms with Gasteiger partial charge in [0.05, 0.1) is 29.8 Å². The molecule has 1 aliphatic carbocycles. The third-order valence-corrected chi connectivity index (χ3v) is 6.44. The molecule has 0 spiro atoms. The molecule has 1 aliphatic rings. The van der Waals surface area contributed by atoms with Crippen LogP contribution in [0.5, 0.6) is 0 Å². The number of amides is 1. The van der Waals surface area contributed by atoms with Crippen molar-refractivity contribution in [1.82, 2.24) is 14.8 Å². The van der Waals surface area contributed by atoms with Crippen molar-refractivity contribution in [3.63, 3.8) is 0 Å². The largest absolute Gasteiger partial charge is 0.465 e. The molecule has 3 aromatic heterocycles. The summed E-state index contributed by atoms with van der Waals surface area (Å²) in [4.78, 5) is 31.3. The monoisotopic (exact) mass is 412 g/mol. The minimum atomic E-state index is -0.451. The highest BCUT2D eigenvalue weighted by atomic mass is 32.1. The molecule has 0 atom stereocenters. The third-order valence-electron chi connectivity index (χ3n) is 5.32. The number of methoxy groups -OCH3 is 1. The van der Waals surface area contributed by atoms with Gasteiger partial charge in [0.25, 0.3) is 5.91 Å². The highest BCUT2D eigenvalue weighted by Crippen LogP contribution is 2.40. The maximum atomic E-state index is 13.3. The fourth-order valence-electron chi connectivity index (χ4n) is 3.42. The highest BCUT2D eigenvalue weighted by Gasteiger charge is 2.29. The minimum Gasteiger partial charge on any atom is -0.465 e. The standard InChI is InChI=1S/C21H24N4O3S/c1-10(2)25-18-15(9-22-25)14(8-16(23-18)13-6-7-13)19(26)24-20-17(21(27)28-5)11(3)12(4)29-20/h8-10,13H,6-7H2,1-5H3,(H,24,26). The second-order valence-electron chi connectivity index (χ2n) is 7.72. The van der Waals surface area contributed by atoms with E-state index in [-0.39, 0.29) is 11.9 Å². The van der Waals surface area contributed by atoms with E-state index in [2.05, 4.69) is 10.4 Å². The van der Waals surface area contributed by atoms with E-state index in [1.54, 1.807) is 6.20 Å². The number of carbonyl (C=O) groups is 2. The Morgan fingerprint density at radius 2 is 2.03 bits per heavy atom. The predicted molar refractivity (Wildman–Crippen MR) is 113 cm³/mol. The van der Waals surface area contributed by atoms with Crippen LogP contribution in [0.4, 0.5) is 5.00 Å². The SMILES string of the molecule is COC(=O)c1c(NC(=O)c2cc(C3CC3)nc3c2cnn3C(C)C)sc(C)c1C. The number of aryl methyl sites for hydroxylation is 1. The summed E-state index contributed by atoms with van der Waals surface area (Å²) in [7, 11) is 1.34. The molecule has 1 saturated carbocycles. The molecule has 1 N–H and O–H groups in total. The van der Waals surface area contributed by atoms with Crippen LogP contribution in [-0.2, 0) is 4.74 Å². The lowest BCUT2D eigenvalue weighted by molar-refractivity contribution is 0.0601. The van der Waals surface area contributed by atoms with Crippen molar-refractivity contribution in [3.8, 4) is 0 Å². The zero-order valence-electron chi connectivity index (χ0n) is 17.2. The van der Waals surface area contributed by atoms with E-state index in [0.29, 0.717) is 27.4 Å². The van der Waals surface area contributed by atoms with Gasteiger partial charge in [-0.25, -0.2) is 14.5 Å². The van der Waals surface area contributed by atoms with E-state index in [1.165, 1.54) is 18.4 Å². The van der Waals surface area contributed by atoms with Crippen molar-refractivity contribution in [3.05, 3.63) is 39.5 Å². The van der Waals surface area contributed by atoms with E-state index in [1.807, 2.05) is 38.4 Å². The number of pyridine rings is 1. The Bertz CT molecular complexity index is 1120. The van der Waals surface area contributed by atoms with Gasteiger partial charge in [-0.3, -0.25) is 4.79 Å². The van der Waals surface area contributed by atoms with Crippen LogP contribution < -0.4 is 5.32 Å². The van der Waals surface area contributed by atoms with Gasteiger partial charge in [-0.1, -0.05) is 0 Å². The number of esters is 1. The number of anilines is 1. The van der Waals surface area contributed by atoms with Gasteiger partial charge in [0.15, 0.2) is 5.65 Å². The van der Waals surface area contributed by atoms with Gasteiger partial charge >= 0.3 is 5.97 Å². The van der Waals surface area contributed by atoms with Gasteiger partial charge in [0.2, 0.25) is 0 Å². The van der Waals surface area contributed by atoms with E-state index in [4.69, 9.17) is 9.72 Å². The van der Waals surface area contributed by atoms with E-state index in [9.17, 15) is 9.59 Å². The quantitative estimate of drug-likeness (QED) is 0.619. The van der Waals surface area contributed by atoms with Gasteiger partial charge in [-0.05, 0) is 52.2 Å². The third kappa shape index (κ3) is 3.42. The summed E-state index contributed by atoms with van der Waals surface area (Å²) in [6, 6.07) is 2.01. The summed E-state index contributed by atoms with van der Waals surface area (Å²) in [6.07, 6.45) is 3.87. The molecular weight excluding hydrogens is 388 g/mol. The minimum absolute atomic E-state index is 0.138. The number of nitrogens with zero attached hydrogens (tertiary/aromatic N) is 3. The van der Waals surface area contributed by atoms with Gasteiger partial charge < -0.3 is 10.1 Å². The lowest BCUT2D eigenvalue weighted by Gasteiger charge is -2.11. The molecule has 0 unspecified atom stereocenters. The number of hydrogen-bond donors (Lipinski definition) is 1. The predicted octanol–water partition coefficient (Wildman–Crippen LogP) is 4.61. The summed E-state index contributed by atoms with van der Waals surface area (Å²) in [5.74, 6) is -0.319. The van der Waals surface area contributed by atoms with Crippen LogP contribution in [0.2, 0.25) is 0 Å². The first-order chi connectivity index (χ1) is 13.8. The summed E-state index contributed by atoms with van der Waals surface area (Å²) < 4.78 is 6.75. The summed E-state index contributed by atoms with van der Waals surface area (Å²) >= 11 is 1.38. The molecule has 1 fully saturated rings. The maximum absolute atomic E-state index is 13.3. The number of aromatic nitrogens is 3. The van der Waals surface area contributed by atoms with E-state index >= 15 is 0 Å². The van der Waals surface area contributed by atoms with Crippen molar-refractivity contribution < 1.29 is 14.3 Å². The van der Waals surface area contributed by atoms with Crippen LogP contribution in [-0.4, -0.2) is 33.8 Å². The Labute approximate surface area is 173 Å². The van der Waals surface area contributed by atoms with Crippen molar-refractivity contribution in [2.24, 2.45) is 0 Å². The Morgan fingerprint density at radius 3 is 2.66 bits per heavy atom. The number of rotatable bonds is 5. The Morgan fingerprint density at radius 1 is 1.31 bits per heavy atom. The van der Waals surface area contributed by atoms with E-state index in [0.717, 1.165) is 34.6 Å². The first-order valence-electron chi connectivity index (χ1n) is 9.69. The van der Waals surface area contributed by atoms with Crippen molar-refractivity contribution in [1.29, 1.82) is 0 Å². The molecule has 8 heteroatoms. The molecule has 0 aromatic carbocycles. The zero-order valence-corrected chi connectivity index (χ0v) is 18.0. The smallest absolute Gasteiger partial charge is 0.341 e. The fourth-order valence-corrected chi connectivity index (χ4v) is 4.47. The van der Waals surface area contributed by atoms with Gasteiger partial charge in [-0.2, -0.15) is 5.10 Å². The highest BCUT2D eigenvalue weighted by molar-refractivity contribution is 7.16. The number of nitrogens with one attached hydrogen (secondary N) is 1. The van der Waals surface area contributed by atoms with Crippen LogP contribution in [0.15, 0.2) is 12.3 Å². The number of ether oxygens (including phenoxy) is 1. The zero-order chi connectivity index (χ0) is 20.9. The summed E-state index contributed by atoms with van der Waals surface area (Å²) in [5, 5.41) is 8.60. The molecule has 0 saturated heterocycles. The summed E-state index contributed by atoms with van der Waals surface area (Å²) in [5.41, 5.74) is 3.42. The molecule has 152 valence electrons. The summed E-state index contributed by atoms with van der Waals surface area (Å²) in [6.45, 7) is 7.86. The average Bonchev–Trinajstić information content (AvgIpc) is 3.38. The average molecular weight is 413 g/mol. The van der Waals surface area contributed by atoms with Crippen molar-refractivity contribution in [2.75, 3.05) is 12.4 Å². The molecule has 4 rings (SSSR count). The van der Waals surface area contributed by atoms with Crippen LogP contribution in [0, 0.1) is 13.8 Å². The molecule has 3 heterocycles. The first kappa shape index (κ1) is 19.6. The number of carbonyl (C=O) groups excluding carboxylic acids is 2. The molecule has 0 aliphatic heterocycles. The molecule has 0 radical (unpaired) electrons. The van der Waals surface area contributed by atoms with Crippen molar-refractivity contribution in [2.45, 2.75) is 52.5 Å². The Hall–Kier alpha value is -2.74. The Kier molecular flexibility index (Phi) is 4.90. The van der Waals surface area contributed by atoms with Gasteiger partial charge in [-0.15, -0.1) is 11.3 Å². The lowest BCUT2D eigenvalue weighted by atomic mass is 10.1. The Balaban J connectivity index is 1.78. The van der Waals surface area contributed by atoms with Crippen LogP contribution in [0.3, 0.4) is 0 Å². The second kappa shape index (κ2) is 7.26. The molecule has 3 aromatic rings. The van der Waals surface area contributed by atoms with Crippen LogP contribution in [0.25, 0.3) is 11.0 Å². The molecule has 0 bridgehead atoms. The fraction of sp³-hybridized carbons (Fsp3) is 0.429. The van der Waals surface area contributed by atoms with E-state index < -0.39 is 5.97 Å². The van der Waals surface area contributed by atoms with Crippen LogP contribution in [0.1, 0.15) is 75.5 Å². The molecule has 7 nitrogen and oxygen atoms in total. The first-order valence-corrected chi connectivity index (χ1v) is 10.5. The normalized spacial score (nSPS) is 13.9. The second-order valence-corrected chi connectivity index (χ2v) is 8.95.